The van der Waals surface area contributed by atoms with Crippen molar-refractivity contribution in [2.24, 2.45) is 0 Å². The minimum absolute atomic E-state index is 0.0262. The molecule has 0 spiro atoms. The summed E-state index contributed by atoms with van der Waals surface area (Å²) in [5.74, 6) is -1.00. The highest BCUT2D eigenvalue weighted by atomic mass is 19.4. The molecule has 1 aromatic carbocycles. The van der Waals surface area contributed by atoms with E-state index in [-0.39, 0.29) is 18.6 Å². The molecule has 0 aromatic heterocycles. The first kappa shape index (κ1) is 16.8. The molecule has 1 rings (SSSR count). The highest BCUT2D eigenvalue weighted by Gasteiger charge is 2.31. The first-order valence-corrected chi connectivity index (χ1v) is 6.28. The van der Waals surface area contributed by atoms with Crippen molar-refractivity contribution >= 4 is 5.97 Å². The van der Waals surface area contributed by atoms with E-state index in [1.54, 1.807) is 19.9 Å². The third-order valence-corrected chi connectivity index (χ3v) is 2.68. The van der Waals surface area contributed by atoms with Gasteiger partial charge in [-0.05, 0) is 36.6 Å². The lowest BCUT2D eigenvalue weighted by Gasteiger charge is -2.14. The first-order valence-electron chi connectivity index (χ1n) is 6.28. The predicted molar refractivity (Wildman–Crippen MR) is 67.6 cm³/mol. The Hall–Kier alpha value is -2.23. The van der Waals surface area contributed by atoms with Gasteiger partial charge in [0, 0.05) is 0 Å². The Labute approximate surface area is 120 Å². The Kier molecular flexibility index (Phi) is 5.59. The number of ether oxygens (including phenoxy) is 2. The monoisotopic (exact) mass is 301 g/mol. The molecule has 0 unspecified atom stereocenters. The molecule has 0 fully saturated rings. The molecule has 114 valence electrons. The minimum atomic E-state index is -4.83. The van der Waals surface area contributed by atoms with Crippen LogP contribution in [-0.2, 0) is 22.4 Å². The van der Waals surface area contributed by atoms with Gasteiger partial charge in [-0.2, -0.15) is 5.26 Å². The van der Waals surface area contributed by atoms with E-state index in [0.29, 0.717) is 17.5 Å². The smallest absolute Gasteiger partial charge is 0.466 e. The minimum Gasteiger partial charge on any atom is -0.466 e. The quantitative estimate of drug-likeness (QED) is 0.784. The lowest BCUT2D eigenvalue weighted by molar-refractivity contribution is -0.274. The number of rotatable bonds is 5. The van der Waals surface area contributed by atoms with Crippen LogP contribution in [0.15, 0.2) is 12.1 Å². The molecule has 0 bridgehead atoms. The first-order chi connectivity index (χ1) is 9.80. The molecule has 0 heterocycles. The van der Waals surface area contributed by atoms with Crippen LogP contribution in [0.5, 0.6) is 5.75 Å². The molecule has 0 aliphatic carbocycles. The van der Waals surface area contributed by atoms with Gasteiger partial charge in [-0.15, -0.1) is 13.2 Å². The van der Waals surface area contributed by atoms with Crippen LogP contribution in [0.2, 0.25) is 0 Å². The standard InChI is InChI=1S/C14H14F3NO3/c1-3-9-5-11(21-14(15,16)17)6-10(8-18)12(9)7-13(19)20-4-2/h5-6H,3-4,7H2,1-2H3. The summed E-state index contributed by atoms with van der Waals surface area (Å²) in [4.78, 5) is 11.5. The fourth-order valence-electron chi connectivity index (χ4n) is 1.88. The Morgan fingerprint density at radius 3 is 2.48 bits per heavy atom. The van der Waals surface area contributed by atoms with E-state index in [0.717, 1.165) is 6.07 Å². The van der Waals surface area contributed by atoms with Crippen LogP contribution >= 0.6 is 0 Å². The molecule has 4 nitrogen and oxygen atoms in total. The third-order valence-electron chi connectivity index (χ3n) is 2.68. The zero-order chi connectivity index (χ0) is 16.0. The van der Waals surface area contributed by atoms with Crippen molar-refractivity contribution in [3.8, 4) is 11.8 Å². The van der Waals surface area contributed by atoms with Crippen molar-refractivity contribution in [2.45, 2.75) is 33.1 Å². The largest absolute Gasteiger partial charge is 0.573 e. The maximum atomic E-state index is 12.2. The van der Waals surface area contributed by atoms with E-state index in [9.17, 15) is 18.0 Å². The maximum absolute atomic E-state index is 12.2. The van der Waals surface area contributed by atoms with E-state index in [1.807, 2.05) is 0 Å². The van der Waals surface area contributed by atoms with Crippen LogP contribution in [0.3, 0.4) is 0 Å². The summed E-state index contributed by atoms with van der Waals surface area (Å²) >= 11 is 0. The van der Waals surface area contributed by atoms with Crippen LogP contribution in [0.1, 0.15) is 30.5 Å². The van der Waals surface area contributed by atoms with Gasteiger partial charge in [-0.3, -0.25) is 4.79 Å². The van der Waals surface area contributed by atoms with Gasteiger partial charge >= 0.3 is 12.3 Å². The molecule has 0 radical (unpaired) electrons. The molecule has 0 atom stereocenters. The highest BCUT2D eigenvalue weighted by molar-refractivity contribution is 5.74. The number of alkyl halides is 3. The molecule has 0 amide bonds. The number of halogens is 3. The number of carbonyl (C=O) groups is 1. The normalized spacial score (nSPS) is 10.9. The van der Waals surface area contributed by atoms with Crippen LogP contribution in [0.4, 0.5) is 13.2 Å². The summed E-state index contributed by atoms with van der Waals surface area (Å²) < 4.78 is 45.4. The molecule has 1 aromatic rings. The average molecular weight is 301 g/mol. The number of carbonyl (C=O) groups excluding carboxylic acids is 1. The second-order valence-corrected chi connectivity index (χ2v) is 4.10. The molecule has 0 N–H and O–H groups in total. The molecule has 0 saturated heterocycles. The van der Waals surface area contributed by atoms with E-state index >= 15 is 0 Å². The maximum Gasteiger partial charge on any atom is 0.573 e. The van der Waals surface area contributed by atoms with Crippen molar-refractivity contribution in [2.75, 3.05) is 6.61 Å². The van der Waals surface area contributed by atoms with Gasteiger partial charge in [0.2, 0.25) is 0 Å². The lowest BCUT2D eigenvalue weighted by atomic mass is 9.96. The molecule has 0 saturated carbocycles. The molecular formula is C14H14F3NO3. The van der Waals surface area contributed by atoms with Gasteiger partial charge in [0.25, 0.3) is 0 Å². The van der Waals surface area contributed by atoms with Crippen molar-refractivity contribution in [3.63, 3.8) is 0 Å². The fourth-order valence-corrected chi connectivity index (χ4v) is 1.88. The summed E-state index contributed by atoms with van der Waals surface area (Å²) in [7, 11) is 0. The van der Waals surface area contributed by atoms with Gasteiger partial charge in [0.15, 0.2) is 0 Å². The van der Waals surface area contributed by atoms with Gasteiger partial charge in [-0.25, -0.2) is 0 Å². The Morgan fingerprint density at radius 1 is 1.33 bits per heavy atom. The second kappa shape index (κ2) is 6.97. The molecule has 7 heteroatoms. The Morgan fingerprint density at radius 2 is 2.00 bits per heavy atom. The summed E-state index contributed by atoms with van der Waals surface area (Å²) in [5, 5.41) is 9.07. The van der Waals surface area contributed by atoms with Crippen molar-refractivity contribution in [1.29, 1.82) is 5.26 Å². The number of hydrogen-bond donors (Lipinski definition) is 0. The summed E-state index contributed by atoms with van der Waals surface area (Å²) in [5.41, 5.74) is 0.788. The molecule has 0 aliphatic heterocycles. The topological polar surface area (TPSA) is 59.3 Å². The van der Waals surface area contributed by atoms with Crippen LogP contribution < -0.4 is 4.74 Å². The van der Waals surface area contributed by atoms with Crippen molar-refractivity contribution in [3.05, 3.63) is 28.8 Å². The van der Waals surface area contributed by atoms with Crippen LogP contribution in [0, 0.1) is 11.3 Å². The SMILES string of the molecule is CCOC(=O)Cc1c(C#N)cc(OC(F)(F)F)cc1CC. The molecule has 0 aliphatic rings. The van der Waals surface area contributed by atoms with E-state index in [2.05, 4.69) is 4.74 Å². The predicted octanol–water partition coefficient (Wildman–Crippen LogP) is 3.12. The number of aryl methyl sites for hydroxylation is 1. The van der Waals surface area contributed by atoms with Gasteiger partial charge in [0.1, 0.15) is 5.75 Å². The summed E-state index contributed by atoms with van der Waals surface area (Å²) in [6.07, 6.45) is -4.63. The van der Waals surface area contributed by atoms with Gasteiger partial charge < -0.3 is 9.47 Å². The van der Waals surface area contributed by atoms with Crippen molar-refractivity contribution in [1.82, 2.24) is 0 Å². The highest BCUT2D eigenvalue weighted by Crippen LogP contribution is 2.28. The summed E-state index contributed by atoms with van der Waals surface area (Å²) in [6.45, 7) is 3.55. The third kappa shape index (κ3) is 4.99. The van der Waals surface area contributed by atoms with E-state index in [4.69, 9.17) is 10.00 Å². The van der Waals surface area contributed by atoms with Crippen LogP contribution in [0.25, 0.3) is 0 Å². The van der Waals surface area contributed by atoms with Gasteiger partial charge in [0.05, 0.1) is 24.7 Å². The number of benzene rings is 1. The lowest BCUT2D eigenvalue weighted by Crippen LogP contribution is -2.18. The van der Waals surface area contributed by atoms with Crippen molar-refractivity contribution < 1.29 is 27.4 Å². The second-order valence-electron chi connectivity index (χ2n) is 4.10. The zero-order valence-corrected chi connectivity index (χ0v) is 11.6. The number of nitriles is 1. The van der Waals surface area contributed by atoms with Crippen LogP contribution in [-0.4, -0.2) is 18.9 Å². The van der Waals surface area contributed by atoms with Gasteiger partial charge in [-0.1, -0.05) is 6.92 Å². The zero-order valence-electron chi connectivity index (χ0n) is 11.6. The Bertz CT molecular complexity index is 562. The van der Waals surface area contributed by atoms with E-state index in [1.165, 1.54) is 6.07 Å². The number of nitrogens with zero attached hydrogens (tertiary/aromatic N) is 1. The number of esters is 1. The summed E-state index contributed by atoms with van der Waals surface area (Å²) in [6, 6.07) is 3.95. The average Bonchev–Trinajstić information content (AvgIpc) is 2.38. The van der Waals surface area contributed by atoms with E-state index < -0.39 is 18.1 Å². The fraction of sp³-hybridized carbons (Fsp3) is 0.429. The molecular weight excluding hydrogens is 287 g/mol. The molecule has 21 heavy (non-hydrogen) atoms. The Balaban J connectivity index is 3.19. The number of hydrogen-bond acceptors (Lipinski definition) is 4.